The van der Waals surface area contributed by atoms with E-state index in [1.54, 1.807) is 0 Å². The molecule has 0 unspecified atom stereocenters. The van der Waals surface area contributed by atoms with Gasteiger partial charge in [-0.15, -0.1) is 0 Å². The Balaban J connectivity index is 1.99. The minimum absolute atomic E-state index is 0.562. The van der Waals surface area contributed by atoms with Gasteiger partial charge in [0.1, 0.15) is 6.73 Å². The Morgan fingerprint density at radius 2 is 2.10 bits per heavy atom. The van der Waals surface area contributed by atoms with E-state index in [-0.39, 0.29) is 0 Å². The number of benzene rings is 1. The van der Waals surface area contributed by atoms with Crippen LogP contribution in [0.25, 0.3) is 11.3 Å². The zero-order chi connectivity index (χ0) is 14.6. The topological polar surface area (TPSA) is 27.1 Å². The lowest BCUT2D eigenvalue weighted by Crippen LogP contribution is -2.22. The molecule has 0 saturated carbocycles. The molecule has 0 amide bonds. The summed E-state index contributed by atoms with van der Waals surface area (Å²) in [7, 11) is -1.02. The van der Waals surface area contributed by atoms with Gasteiger partial charge < -0.3 is 9.30 Å². The Bertz CT molecular complexity index is 563. The highest BCUT2D eigenvalue weighted by molar-refractivity contribution is 9.10. The highest BCUT2D eigenvalue weighted by Gasteiger charge is 2.12. The van der Waals surface area contributed by atoms with Crippen LogP contribution in [-0.4, -0.2) is 24.2 Å². The van der Waals surface area contributed by atoms with E-state index >= 15 is 0 Å². The van der Waals surface area contributed by atoms with Crippen molar-refractivity contribution in [3.05, 3.63) is 41.3 Å². The second-order valence-electron chi connectivity index (χ2n) is 6.11. The van der Waals surface area contributed by atoms with Crippen LogP contribution in [0.3, 0.4) is 0 Å². The lowest BCUT2D eigenvalue weighted by molar-refractivity contribution is 0.0882. The molecule has 0 fully saturated rings. The summed E-state index contributed by atoms with van der Waals surface area (Å²) >= 11 is 3.50. The van der Waals surface area contributed by atoms with Gasteiger partial charge in [0.05, 0.1) is 18.2 Å². The van der Waals surface area contributed by atoms with Gasteiger partial charge in [-0.25, -0.2) is 4.98 Å². The van der Waals surface area contributed by atoms with Gasteiger partial charge in [0, 0.05) is 24.7 Å². The molecule has 1 aromatic heterocycles. The highest BCUT2D eigenvalue weighted by atomic mass is 79.9. The van der Waals surface area contributed by atoms with Gasteiger partial charge in [0.15, 0.2) is 0 Å². The van der Waals surface area contributed by atoms with Gasteiger partial charge in [0.2, 0.25) is 0 Å². The van der Waals surface area contributed by atoms with Gasteiger partial charge in [-0.1, -0.05) is 47.7 Å². The smallest absolute Gasteiger partial charge is 0.124 e. The first-order chi connectivity index (χ1) is 9.46. The molecule has 0 atom stereocenters. The molecule has 2 rings (SSSR count). The number of nitrogens with zero attached hydrogens (tertiary/aromatic N) is 2. The summed E-state index contributed by atoms with van der Waals surface area (Å²) in [6.45, 7) is 8.47. The number of aromatic nitrogens is 2. The Morgan fingerprint density at radius 1 is 1.30 bits per heavy atom. The Kier molecular flexibility index (Phi) is 5.18. The molecule has 1 heterocycles. The molecule has 3 nitrogen and oxygen atoms in total. The van der Waals surface area contributed by atoms with Crippen molar-refractivity contribution in [3.63, 3.8) is 0 Å². The number of rotatable bonds is 6. The van der Waals surface area contributed by atoms with E-state index < -0.39 is 8.07 Å². The third kappa shape index (κ3) is 4.58. The molecule has 2 aromatic rings. The third-order valence-electron chi connectivity index (χ3n) is 3.06. The Hall–Kier alpha value is -0.913. The van der Waals surface area contributed by atoms with E-state index in [4.69, 9.17) is 4.74 Å². The standard InChI is InChI=1S/C15H21BrN2OSi/c1-20(2,3)8-7-19-12-18-11-17-10-15(18)13-5-4-6-14(16)9-13/h4-6,9-11H,7-8,12H2,1-3H3. The maximum absolute atomic E-state index is 5.79. The van der Waals surface area contributed by atoms with Crippen molar-refractivity contribution in [2.45, 2.75) is 32.4 Å². The summed E-state index contributed by atoms with van der Waals surface area (Å²) < 4.78 is 8.91. The molecule has 0 aliphatic heterocycles. The predicted molar refractivity (Wildman–Crippen MR) is 89.5 cm³/mol. The van der Waals surface area contributed by atoms with Crippen LogP contribution < -0.4 is 0 Å². The third-order valence-corrected chi connectivity index (χ3v) is 5.26. The van der Waals surface area contributed by atoms with Crippen LogP contribution in [0.4, 0.5) is 0 Å². The van der Waals surface area contributed by atoms with Crippen molar-refractivity contribution >= 4 is 24.0 Å². The van der Waals surface area contributed by atoms with Gasteiger partial charge in [-0.3, -0.25) is 0 Å². The molecule has 0 saturated heterocycles. The van der Waals surface area contributed by atoms with E-state index in [0.29, 0.717) is 6.73 Å². The van der Waals surface area contributed by atoms with Crippen LogP contribution in [0.2, 0.25) is 25.7 Å². The number of hydrogen-bond donors (Lipinski definition) is 0. The monoisotopic (exact) mass is 352 g/mol. The van der Waals surface area contributed by atoms with Crippen molar-refractivity contribution < 1.29 is 4.74 Å². The summed E-state index contributed by atoms with van der Waals surface area (Å²) in [5.41, 5.74) is 2.23. The molecular weight excluding hydrogens is 332 g/mol. The molecule has 108 valence electrons. The highest BCUT2D eigenvalue weighted by Crippen LogP contribution is 2.22. The summed E-state index contributed by atoms with van der Waals surface area (Å²) in [4.78, 5) is 4.23. The van der Waals surface area contributed by atoms with Crippen molar-refractivity contribution in [1.82, 2.24) is 9.55 Å². The fourth-order valence-corrected chi connectivity index (χ4v) is 3.01. The molecule has 0 aliphatic rings. The van der Waals surface area contributed by atoms with E-state index in [1.165, 1.54) is 6.04 Å². The lowest BCUT2D eigenvalue weighted by Gasteiger charge is -2.16. The van der Waals surface area contributed by atoms with Crippen molar-refractivity contribution in [1.29, 1.82) is 0 Å². The predicted octanol–water partition coefficient (Wildman–Crippen LogP) is 4.62. The molecule has 20 heavy (non-hydrogen) atoms. The molecule has 0 N–H and O–H groups in total. The fourth-order valence-electron chi connectivity index (χ4n) is 1.85. The zero-order valence-corrected chi connectivity index (χ0v) is 14.9. The number of ether oxygens (including phenoxy) is 1. The largest absolute Gasteiger partial charge is 0.361 e. The van der Waals surface area contributed by atoms with E-state index in [9.17, 15) is 0 Å². The van der Waals surface area contributed by atoms with E-state index in [1.807, 2.05) is 29.2 Å². The van der Waals surface area contributed by atoms with Gasteiger partial charge >= 0.3 is 0 Å². The van der Waals surface area contributed by atoms with Crippen LogP contribution in [-0.2, 0) is 11.5 Å². The Morgan fingerprint density at radius 3 is 2.80 bits per heavy atom. The van der Waals surface area contributed by atoms with E-state index in [2.05, 4.69) is 52.7 Å². The SMILES string of the molecule is C[Si](C)(C)CCOCn1cncc1-c1cccc(Br)c1. The quantitative estimate of drug-likeness (QED) is 0.559. The fraction of sp³-hybridized carbons (Fsp3) is 0.400. The lowest BCUT2D eigenvalue weighted by atomic mass is 10.2. The van der Waals surface area contributed by atoms with Gasteiger partial charge in [0.25, 0.3) is 0 Å². The second-order valence-corrected chi connectivity index (χ2v) is 12.6. The van der Waals surface area contributed by atoms with Crippen molar-refractivity contribution in [2.75, 3.05) is 6.61 Å². The van der Waals surface area contributed by atoms with Gasteiger partial charge in [-0.2, -0.15) is 0 Å². The number of hydrogen-bond acceptors (Lipinski definition) is 2. The van der Waals surface area contributed by atoms with Crippen LogP contribution >= 0.6 is 15.9 Å². The van der Waals surface area contributed by atoms with Crippen LogP contribution in [0, 0.1) is 0 Å². The summed E-state index contributed by atoms with van der Waals surface area (Å²) in [6.07, 6.45) is 3.70. The first-order valence-corrected chi connectivity index (χ1v) is 11.3. The minimum atomic E-state index is -1.02. The van der Waals surface area contributed by atoms with Crippen LogP contribution in [0.15, 0.2) is 41.3 Å². The molecule has 0 radical (unpaired) electrons. The Labute approximate surface area is 130 Å². The normalized spacial score (nSPS) is 11.8. The van der Waals surface area contributed by atoms with E-state index in [0.717, 1.165) is 22.3 Å². The maximum atomic E-state index is 5.79. The zero-order valence-electron chi connectivity index (χ0n) is 12.3. The number of halogens is 1. The molecule has 1 aromatic carbocycles. The molecule has 0 aliphatic carbocycles. The average molecular weight is 353 g/mol. The molecule has 5 heteroatoms. The van der Waals surface area contributed by atoms with Gasteiger partial charge in [-0.05, 0) is 18.2 Å². The average Bonchev–Trinajstić information content (AvgIpc) is 2.82. The summed E-state index contributed by atoms with van der Waals surface area (Å²) in [6, 6.07) is 9.42. The number of imidazole rings is 1. The second kappa shape index (κ2) is 6.69. The van der Waals surface area contributed by atoms with Crippen LogP contribution in [0.1, 0.15) is 0 Å². The van der Waals surface area contributed by atoms with Crippen molar-refractivity contribution in [3.8, 4) is 11.3 Å². The first-order valence-electron chi connectivity index (χ1n) is 6.79. The molecular formula is C15H21BrN2OSi. The molecule has 0 bridgehead atoms. The molecule has 0 spiro atoms. The minimum Gasteiger partial charge on any atom is -0.361 e. The first kappa shape index (κ1) is 15.5. The van der Waals surface area contributed by atoms with Crippen molar-refractivity contribution in [2.24, 2.45) is 0 Å². The summed E-state index contributed by atoms with van der Waals surface area (Å²) in [5.74, 6) is 0. The maximum Gasteiger partial charge on any atom is 0.124 e. The summed E-state index contributed by atoms with van der Waals surface area (Å²) in [5, 5.41) is 0. The van der Waals surface area contributed by atoms with Crippen LogP contribution in [0.5, 0.6) is 0 Å².